The number of hydrogen-bond donors (Lipinski definition) is 1. The van der Waals surface area contributed by atoms with Crippen molar-refractivity contribution in [3.63, 3.8) is 0 Å². The third-order valence-electron chi connectivity index (χ3n) is 5.32. The molecule has 2 heterocycles. The lowest BCUT2D eigenvalue weighted by Crippen LogP contribution is -2.62. The Kier molecular flexibility index (Phi) is 4.64. The fraction of sp³-hybridized carbons (Fsp3) is 0.647. The second-order valence-electron chi connectivity index (χ2n) is 6.40. The van der Waals surface area contributed by atoms with Crippen LogP contribution >= 0.6 is 0 Å². The number of aliphatic hydroxyl groups is 1. The molecule has 24 heavy (non-hydrogen) atoms. The summed E-state index contributed by atoms with van der Waals surface area (Å²) >= 11 is 0. The highest BCUT2D eigenvalue weighted by atomic mass is 16.5. The molecule has 0 unspecified atom stereocenters. The Labute approximate surface area is 140 Å². The van der Waals surface area contributed by atoms with Gasteiger partial charge in [0.25, 0.3) is 5.91 Å². The normalized spacial score (nSPS) is 25.4. The van der Waals surface area contributed by atoms with E-state index < -0.39 is 0 Å². The highest BCUT2D eigenvalue weighted by Crippen LogP contribution is 2.51. The van der Waals surface area contributed by atoms with Crippen LogP contribution in [0.25, 0.3) is 0 Å². The quantitative estimate of drug-likeness (QED) is 0.883. The number of carbonyl (C=O) groups is 1. The predicted molar refractivity (Wildman–Crippen MR) is 85.1 cm³/mol. The summed E-state index contributed by atoms with van der Waals surface area (Å²) in [6.07, 6.45) is 2.88. The van der Waals surface area contributed by atoms with Crippen molar-refractivity contribution in [2.75, 3.05) is 26.8 Å². The molecule has 1 aliphatic carbocycles. The van der Waals surface area contributed by atoms with E-state index in [0.717, 1.165) is 12.3 Å². The molecule has 1 spiro atoms. The lowest BCUT2D eigenvalue weighted by atomic mass is 9.58. The minimum absolute atomic E-state index is 0.00673. The zero-order chi connectivity index (χ0) is 17.3. The number of nitrogens with zero attached hydrogens (tertiary/aromatic N) is 1. The molecule has 132 valence electrons. The van der Waals surface area contributed by atoms with Crippen molar-refractivity contribution >= 4 is 5.91 Å². The Morgan fingerprint density at radius 1 is 1.46 bits per heavy atom. The van der Waals surface area contributed by atoms with Gasteiger partial charge in [0.05, 0.1) is 19.3 Å². The molecule has 1 aliphatic heterocycles. The maximum Gasteiger partial charge on any atom is 0.289 e. The van der Waals surface area contributed by atoms with Gasteiger partial charge in [-0.1, -0.05) is 0 Å². The minimum atomic E-state index is -0.383. The summed E-state index contributed by atoms with van der Waals surface area (Å²) in [5.41, 5.74) is -0.625. The zero-order valence-corrected chi connectivity index (χ0v) is 14.0. The van der Waals surface area contributed by atoms with E-state index in [1.807, 2.05) is 6.92 Å². The van der Waals surface area contributed by atoms with E-state index in [1.165, 1.54) is 7.11 Å². The fourth-order valence-corrected chi connectivity index (χ4v) is 3.76. The first kappa shape index (κ1) is 17.0. The molecule has 3 rings (SSSR count). The molecule has 0 bridgehead atoms. The van der Waals surface area contributed by atoms with E-state index in [9.17, 15) is 14.7 Å². The van der Waals surface area contributed by atoms with Crippen molar-refractivity contribution in [1.82, 2.24) is 4.90 Å². The van der Waals surface area contributed by atoms with Crippen LogP contribution in [0.3, 0.4) is 0 Å². The van der Waals surface area contributed by atoms with Gasteiger partial charge in [-0.15, -0.1) is 0 Å². The Balaban J connectivity index is 1.67. The van der Waals surface area contributed by atoms with Crippen molar-refractivity contribution in [3.05, 3.63) is 28.3 Å². The van der Waals surface area contributed by atoms with Crippen LogP contribution in [-0.4, -0.2) is 54.9 Å². The highest BCUT2D eigenvalue weighted by molar-refractivity contribution is 5.91. The van der Waals surface area contributed by atoms with Crippen LogP contribution in [0.15, 0.2) is 21.5 Å². The number of hydrogen-bond acceptors (Lipinski definition) is 6. The monoisotopic (exact) mass is 337 g/mol. The number of carbonyl (C=O) groups excluding carboxylic acids is 1. The van der Waals surface area contributed by atoms with Gasteiger partial charge in [-0.25, -0.2) is 0 Å². The molecule has 1 amide bonds. The van der Waals surface area contributed by atoms with Gasteiger partial charge < -0.3 is 23.9 Å². The van der Waals surface area contributed by atoms with Gasteiger partial charge in [0.15, 0.2) is 5.76 Å². The Morgan fingerprint density at radius 2 is 2.17 bits per heavy atom. The molecule has 2 aliphatic rings. The molecule has 2 fully saturated rings. The molecule has 1 aromatic rings. The lowest BCUT2D eigenvalue weighted by molar-refractivity contribution is -0.207. The molecular formula is C17H23NO6. The molecular weight excluding hydrogens is 314 g/mol. The van der Waals surface area contributed by atoms with E-state index in [1.54, 1.807) is 4.90 Å². The summed E-state index contributed by atoms with van der Waals surface area (Å²) < 4.78 is 15.8. The van der Waals surface area contributed by atoms with Gasteiger partial charge in [0.2, 0.25) is 11.2 Å². The first-order valence-electron chi connectivity index (χ1n) is 8.27. The third kappa shape index (κ3) is 2.71. The molecule has 0 radical (unpaired) electrons. The summed E-state index contributed by atoms with van der Waals surface area (Å²) in [5.74, 6) is -0.236. The summed E-state index contributed by atoms with van der Waals surface area (Å²) in [4.78, 5) is 25.9. The predicted octanol–water partition coefficient (Wildman–Crippen LogP) is 1.04. The Hall–Kier alpha value is -1.86. The molecule has 0 aromatic carbocycles. The van der Waals surface area contributed by atoms with Crippen molar-refractivity contribution in [2.24, 2.45) is 5.41 Å². The molecule has 1 N–H and O–H groups in total. The van der Waals surface area contributed by atoms with Gasteiger partial charge >= 0.3 is 0 Å². The number of rotatable bonds is 4. The Bertz CT molecular complexity index is 659. The van der Waals surface area contributed by atoms with Gasteiger partial charge in [0, 0.05) is 37.6 Å². The highest BCUT2D eigenvalue weighted by Gasteiger charge is 2.56. The number of likely N-dealkylation sites (tertiary alicyclic amines) is 1. The van der Waals surface area contributed by atoms with E-state index in [-0.39, 0.29) is 40.5 Å². The second kappa shape index (κ2) is 6.57. The number of methoxy groups -OCH3 is 1. The van der Waals surface area contributed by atoms with E-state index in [4.69, 9.17) is 13.9 Å². The van der Waals surface area contributed by atoms with Gasteiger partial charge in [-0.05, 0) is 19.8 Å². The third-order valence-corrected chi connectivity index (χ3v) is 5.32. The number of aliphatic hydroxyl groups excluding tert-OH is 1. The average molecular weight is 337 g/mol. The van der Waals surface area contributed by atoms with Crippen LogP contribution in [0.2, 0.25) is 0 Å². The van der Waals surface area contributed by atoms with Crippen LogP contribution in [-0.2, 0) is 4.74 Å². The SMILES string of the molecule is CCO[C@H]1C[C@@H](O)C12CCN(C(=O)c1cc(=O)c(OC)co1)CC2. The lowest BCUT2D eigenvalue weighted by Gasteiger charge is -2.56. The van der Waals surface area contributed by atoms with Crippen LogP contribution in [0.5, 0.6) is 5.75 Å². The average Bonchev–Trinajstić information content (AvgIpc) is 2.61. The van der Waals surface area contributed by atoms with Gasteiger partial charge in [-0.3, -0.25) is 9.59 Å². The van der Waals surface area contributed by atoms with E-state index >= 15 is 0 Å². The zero-order valence-electron chi connectivity index (χ0n) is 14.0. The van der Waals surface area contributed by atoms with Crippen molar-refractivity contribution in [1.29, 1.82) is 0 Å². The molecule has 7 nitrogen and oxygen atoms in total. The number of piperidine rings is 1. The van der Waals surface area contributed by atoms with Crippen LogP contribution in [0.4, 0.5) is 0 Å². The minimum Gasteiger partial charge on any atom is -0.490 e. The number of amides is 1. The number of ether oxygens (including phenoxy) is 2. The summed E-state index contributed by atoms with van der Waals surface area (Å²) in [6.45, 7) is 3.59. The summed E-state index contributed by atoms with van der Waals surface area (Å²) in [5, 5.41) is 10.2. The van der Waals surface area contributed by atoms with E-state index in [2.05, 4.69) is 0 Å². The summed E-state index contributed by atoms with van der Waals surface area (Å²) in [6, 6.07) is 1.16. The maximum atomic E-state index is 12.5. The Morgan fingerprint density at radius 3 is 2.71 bits per heavy atom. The smallest absolute Gasteiger partial charge is 0.289 e. The molecule has 1 aromatic heterocycles. The van der Waals surface area contributed by atoms with Gasteiger partial charge in [0.1, 0.15) is 6.26 Å². The topological polar surface area (TPSA) is 89.2 Å². The van der Waals surface area contributed by atoms with Crippen molar-refractivity contribution in [2.45, 2.75) is 38.4 Å². The molecule has 1 saturated carbocycles. The molecule has 2 atom stereocenters. The van der Waals surface area contributed by atoms with E-state index in [0.29, 0.717) is 39.0 Å². The van der Waals surface area contributed by atoms with Crippen LogP contribution in [0, 0.1) is 5.41 Å². The maximum absolute atomic E-state index is 12.5. The standard InChI is InChI=1S/C17H23NO6/c1-3-23-15-9-14(20)17(15)4-6-18(7-5-17)16(21)12-8-11(19)13(22-2)10-24-12/h8,10,14-15,20H,3-7,9H2,1-2H3/t14-,15+/m1/s1. The van der Waals surface area contributed by atoms with Crippen molar-refractivity contribution in [3.8, 4) is 5.75 Å². The molecule has 1 saturated heterocycles. The van der Waals surface area contributed by atoms with Gasteiger partial charge in [-0.2, -0.15) is 0 Å². The summed E-state index contributed by atoms with van der Waals surface area (Å²) in [7, 11) is 1.37. The van der Waals surface area contributed by atoms with Crippen LogP contribution < -0.4 is 10.2 Å². The fourth-order valence-electron chi connectivity index (χ4n) is 3.76. The first-order valence-corrected chi connectivity index (χ1v) is 8.27. The van der Waals surface area contributed by atoms with Crippen LogP contribution in [0.1, 0.15) is 36.7 Å². The second-order valence-corrected chi connectivity index (χ2v) is 6.40. The molecule has 7 heteroatoms. The first-order chi connectivity index (χ1) is 11.5. The largest absolute Gasteiger partial charge is 0.490 e. The van der Waals surface area contributed by atoms with Crippen molar-refractivity contribution < 1.29 is 23.8 Å².